The minimum absolute atomic E-state index is 0.598. The Labute approximate surface area is 65.4 Å². The topological polar surface area (TPSA) is 3.24 Å². The van der Waals surface area contributed by atoms with Crippen LogP contribution in [0.3, 0.4) is 0 Å². The molecule has 0 aromatic heterocycles. The van der Waals surface area contributed by atoms with Gasteiger partial charge in [0.05, 0.1) is 0 Å². The van der Waals surface area contributed by atoms with Gasteiger partial charge >= 0.3 is 0 Å². The molecule has 0 rings (SSSR count). The molecule has 0 N–H and O–H groups in total. The van der Waals surface area contributed by atoms with Crippen LogP contribution in [0.4, 0.5) is 0 Å². The number of hydrogen-bond acceptors (Lipinski definition) is 1. The largest absolute Gasteiger partial charge is 0.304 e. The van der Waals surface area contributed by atoms with Crippen LogP contribution < -0.4 is 0 Å². The fourth-order valence-corrected chi connectivity index (χ4v) is 0.943. The molecular formula is C9H20N. The van der Waals surface area contributed by atoms with E-state index in [0.717, 1.165) is 0 Å². The molecule has 1 atom stereocenters. The highest BCUT2D eigenvalue weighted by atomic mass is 15.1. The average molecular weight is 142 g/mol. The lowest BCUT2D eigenvalue weighted by atomic mass is 10.1. The fraction of sp³-hybridized carbons (Fsp3) is 0.889. The van der Waals surface area contributed by atoms with E-state index in [1.807, 2.05) is 0 Å². The first-order valence-electron chi connectivity index (χ1n) is 4.26. The third-order valence-electron chi connectivity index (χ3n) is 1.83. The van der Waals surface area contributed by atoms with Crippen molar-refractivity contribution < 1.29 is 0 Å². The van der Waals surface area contributed by atoms with E-state index < -0.39 is 0 Å². The molecule has 1 unspecified atom stereocenters. The molecule has 0 heterocycles. The standard InChI is InChI=1S/C9H20N/c1-5-10(6-2)8-7-9(3)4/h9H,3,5-8H2,1-2,4H3. The predicted molar refractivity (Wildman–Crippen MR) is 46.9 cm³/mol. The summed E-state index contributed by atoms with van der Waals surface area (Å²) in [6.07, 6.45) is 1.22. The lowest BCUT2D eigenvalue weighted by Crippen LogP contribution is -2.24. The summed E-state index contributed by atoms with van der Waals surface area (Å²) >= 11 is 0. The second kappa shape index (κ2) is 5.72. The Hall–Kier alpha value is -0.0400. The molecule has 1 radical (unpaired) electrons. The van der Waals surface area contributed by atoms with Gasteiger partial charge in [-0.25, -0.2) is 0 Å². The molecule has 0 aromatic rings. The van der Waals surface area contributed by atoms with E-state index >= 15 is 0 Å². The van der Waals surface area contributed by atoms with Crippen LogP contribution in [-0.2, 0) is 0 Å². The molecular weight excluding hydrogens is 122 g/mol. The number of hydrogen-bond donors (Lipinski definition) is 0. The van der Waals surface area contributed by atoms with Gasteiger partial charge in [-0.3, -0.25) is 0 Å². The summed E-state index contributed by atoms with van der Waals surface area (Å²) in [6.45, 7) is 14.1. The van der Waals surface area contributed by atoms with Crippen molar-refractivity contribution in [3.05, 3.63) is 6.92 Å². The zero-order valence-corrected chi connectivity index (χ0v) is 7.56. The molecule has 0 saturated heterocycles. The van der Waals surface area contributed by atoms with Crippen LogP contribution in [0, 0.1) is 12.8 Å². The van der Waals surface area contributed by atoms with Gasteiger partial charge in [0, 0.05) is 0 Å². The Balaban J connectivity index is 3.26. The molecule has 1 heteroatoms. The molecule has 0 aliphatic rings. The monoisotopic (exact) mass is 142 g/mol. The van der Waals surface area contributed by atoms with E-state index in [0.29, 0.717) is 5.92 Å². The summed E-state index contributed by atoms with van der Waals surface area (Å²) in [5.41, 5.74) is 0. The van der Waals surface area contributed by atoms with Gasteiger partial charge in [0.25, 0.3) is 0 Å². The third-order valence-corrected chi connectivity index (χ3v) is 1.83. The zero-order valence-electron chi connectivity index (χ0n) is 7.56. The molecule has 0 spiro atoms. The number of nitrogens with zero attached hydrogens (tertiary/aromatic N) is 1. The van der Waals surface area contributed by atoms with Crippen LogP contribution in [-0.4, -0.2) is 24.5 Å². The van der Waals surface area contributed by atoms with Crippen LogP contribution in [0.5, 0.6) is 0 Å². The molecule has 0 bridgehead atoms. The molecule has 0 aliphatic carbocycles. The van der Waals surface area contributed by atoms with E-state index in [2.05, 4.69) is 32.6 Å². The van der Waals surface area contributed by atoms with Gasteiger partial charge < -0.3 is 4.90 Å². The Morgan fingerprint density at radius 2 is 1.80 bits per heavy atom. The highest BCUT2D eigenvalue weighted by molar-refractivity contribution is 4.58. The second-order valence-corrected chi connectivity index (χ2v) is 2.92. The van der Waals surface area contributed by atoms with Crippen molar-refractivity contribution in [2.24, 2.45) is 5.92 Å². The maximum Gasteiger partial charge on any atom is -0.00164 e. The van der Waals surface area contributed by atoms with Crippen molar-refractivity contribution in [1.29, 1.82) is 0 Å². The zero-order chi connectivity index (χ0) is 7.98. The normalized spacial score (nSPS) is 11.4. The molecule has 0 amide bonds. The summed E-state index contributed by atoms with van der Waals surface area (Å²) in [7, 11) is 0. The minimum atomic E-state index is 0.598. The Morgan fingerprint density at radius 3 is 2.10 bits per heavy atom. The van der Waals surface area contributed by atoms with Crippen LogP contribution in [0.25, 0.3) is 0 Å². The fourth-order valence-electron chi connectivity index (χ4n) is 0.943. The second-order valence-electron chi connectivity index (χ2n) is 2.92. The van der Waals surface area contributed by atoms with Gasteiger partial charge in [0.2, 0.25) is 0 Å². The van der Waals surface area contributed by atoms with E-state index in [1.165, 1.54) is 26.1 Å². The SMILES string of the molecule is [CH2]C(C)CCN(CC)CC. The van der Waals surface area contributed by atoms with Gasteiger partial charge in [-0.05, 0) is 32.0 Å². The van der Waals surface area contributed by atoms with E-state index in [4.69, 9.17) is 0 Å². The summed E-state index contributed by atoms with van der Waals surface area (Å²) in [5, 5.41) is 0. The van der Waals surface area contributed by atoms with E-state index in [9.17, 15) is 0 Å². The Bertz CT molecular complexity index is 65.1. The first-order chi connectivity index (χ1) is 4.70. The molecule has 1 nitrogen and oxygen atoms in total. The minimum Gasteiger partial charge on any atom is -0.304 e. The van der Waals surface area contributed by atoms with Crippen molar-refractivity contribution in [3.8, 4) is 0 Å². The summed E-state index contributed by atoms with van der Waals surface area (Å²) in [4.78, 5) is 2.43. The van der Waals surface area contributed by atoms with Crippen molar-refractivity contribution in [2.75, 3.05) is 19.6 Å². The lowest BCUT2D eigenvalue weighted by Gasteiger charge is -2.18. The smallest absolute Gasteiger partial charge is 0.00164 e. The summed E-state index contributed by atoms with van der Waals surface area (Å²) in [6, 6.07) is 0. The third kappa shape index (κ3) is 4.80. The first-order valence-corrected chi connectivity index (χ1v) is 4.26. The van der Waals surface area contributed by atoms with Gasteiger partial charge in [0.15, 0.2) is 0 Å². The molecule has 0 aromatic carbocycles. The van der Waals surface area contributed by atoms with Crippen molar-refractivity contribution in [2.45, 2.75) is 27.2 Å². The van der Waals surface area contributed by atoms with Gasteiger partial charge in [0.1, 0.15) is 0 Å². The summed E-state index contributed by atoms with van der Waals surface area (Å²) < 4.78 is 0. The Morgan fingerprint density at radius 1 is 1.30 bits per heavy atom. The average Bonchev–Trinajstić information content (AvgIpc) is 1.90. The molecule has 61 valence electrons. The van der Waals surface area contributed by atoms with Crippen molar-refractivity contribution in [1.82, 2.24) is 4.90 Å². The predicted octanol–water partition coefficient (Wildman–Crippen LogP) is 2.19. The highest BCUT2D eigenvalue weighted by Gasteiger charge is 1.99. The first kappa shape index (κ1) is 9.96. The van der Waals surface area contributed by atoms with E-state index in [-0.39, 0.29) is 0 Å². The molecule has 0 saturated carbocycles. The van der Waals surface area contributed by atoms with Crippen molar-refractivity contribution in [3.63, 3.8) is 0 Å². The molecule has 0 aliphatic heterocycles. The van der Waals surface area contributed by atoms with Gasteiger partial charge in [-0.1, -0.05) is 27.7 Å². The van der Waals surface area contributed by atoms with Crippen LogP contribution in [0.1, 0.15) is 27.2 Å². The van der Waals surface area contributed by atoms with Crippen LogP contribution in [0.15, 0.2) is 0 Å². The van der Waals surface area contributed by atoms with Crippen LogP contribution >= 0.6 is 0 Å². The molecule has 0 fully saturated rings. The summed E-state index contributed by atoms with van der Waals surface area (Å²) in [5.74, 6) is 0.598. The van der Waals surface area contributed by atoms with Gasteiger partial charge in [-0.2, -0.15) is 0 Å². The highest BCUT2D eigenvalue weighted by Crippen LogP contribution is 2.00. The quantitative estimate of drug-likeness (QED) is 0.568. The molecule has 10 heavy (non-hydrogen) atoms. The van der Waals surface area contributed by atoms with Crippen molar-refractivity contribution >= 4 is 0 Å². The van der Waals surface area contributed by atoms with Gasteiger partial charge in [-0.15, -0.1) is 0 Å². The number of rotatable bonds is 5. The maximum atomic E-state index is 3.95. The van der Waals surface area contributed by atoms with Crippen LogP contribution in [0.2, 0.25) is 0 Å². The van der Waals surface area contributed by atoms with E-state index in [1.54, 1.807) is 0 Å². The Kier molecular flexibility index (Phi) is 5.70. The maximum absolute atomic E-state index is 3.95. The lowest BCUT2D eigenvalue weighted by molar-refractivity contribution is 0.288.